The number of amides is 1. The lowest BCUT2D eigenvalue weighted by atomic mass is 10.2. The zero-order valence-electron chi connectivity index (χ0n) is 16.4. The predicted octanol–water partition coefficient (Wildman–Crippen LogP) is 4.18. The van der Waals surface area contributed by atoms with Crippen molar-refractivity contribution in [2.45, 2.75) is 13.3 Å². The van der Waals surface area contributed by atoms with E-state index in [2.05, 4.69) is 10.00 Å². The van der Waals surface area contributed by atoms with Gasteiger partial charge in [-0.1, -0.05) is 35.3 Å². The molecule has 30 heavy (non-hydrogen) atoms. The molecule has 0 aliphatic carbocycles. The first-order valence-corrected chi connectivity index (χ1v) is 10.5. The second-order valence-electron chi connectivity index (χ2n) is 7.16. The Morgan fingerprint density at radius 1 is 0.900 bits per heavy atom. The number of carbonyl (C=O) groups is 1. The normalized spacial score (nSPS) is 14.7. The Morgan fingerprint density at radius 2 is 1.53 bits per heavy atom. The van der Waals surface area contributed by atoms with E-state index < -0.39 is 0 Å². The number of piperazine rings is 1. The minimum atomic E-state index is -0.0496. The molecule has 1 amide bonds. The number of carbonyl (C=O) groups excluding carboxylic acids is 1. The van der Waals surface area contributed by atoms with E-state index in [1.54, 1.807) is 41.2 Å². The van der Waals surface area contributed by atoms with Gasteiger partial charge in [0.2, 0.25) is 0 Å². The summed E-state index contributed by atoms with van der Waals surface area (Å²) in [5, 5.41) is 5.76. The van der Waals surface area contributed by atoms with Gasteiger partial charge >= 0.3 is 0 Å². The van der Waals surface area contributed by atoms with Crippen LogP contribution in [-0.4, -0.2) is 51.7 Å². The van der Waals surface area contributed by atoms with Crippen LogP contribution in [0.5, 0.6) is 5.75 Å². The van der Waals surface area contributed by atoms with E-state index in [9.17, 15) is 4.79 Å². The average Bonchev–Trinajstić information content (AvgIpc) is 3.24. The minimum absolute atomic E-state index is 0.0496. The quantitative estimate of drug-likeness (QED) is 0.571. The molecule has 0 radical (unpaired) electrons. The Bertz CT molecular complexity index is 981. The second-order valence-corrected chi connectivity index (χ2v) is 8.04. The fraction of sp³-hybridized carbons (Fsp3) is 0.273. The van der Waals surface area contributed by atoms with Gasteiger partial charge in [0.25, 0.3) is 5.91 Å². The van der Waals surface area contributed by atoms with Gasteiger partial charge in [-0.2, -0.15) is 5.10 Å². The molecule has 0 N–H and O–H groups in total. The zero-order chi connectivity index (χ0) is 20.9. The van der Waals surface area contributed by atoms with E-state index in [4.69, 9.17) is 27.9 Å². The van der Waals surface area contributed by atoms with E-state index in [1.807, 2.05) is 29.2 Å². The summed E-state index contributed by atoms with van der Waals surface area (Å²) in [6.07, 6.45) is 1.75. The Hall–Kier alpha value is -2.54. The highest BCUT2D eigenvalue weighted by molar-refractivity contribution is 6.30. The van der Waals surface area contributed by atoms with Gasteiger partial charge in [0, 0.05) is 49.0 Å². The molecule has 1 aromatic heterocycles. The molecule has 1 fully saturated rings. The summed E-state index contributed by atoms with van der Waals surface area (Å²) in [4.78, 5) is 17.0. The average molecular weight is 445 g/mol. The van der Waals surface area contributed by atoms with E-state index in [0.29, 0.717) is 29.6 Å². The molecular formula is C22H22Cl2N4O2. The number of aromatic nitrogens is 2. The van der Waals surface area contributed by atoms with Gasteiger partial charge in [-0.15, -0.1) is 0 Å². The van der Waals surface area contributed by atoms with Crippen molar-refractivity contribution >= 4 is 29.1 Å². The first-order chi connectivity index (χ1) is 14.6. The van der Waals surface area contributed by atoms with E-state index in [1.165, 1.54) is 5.56 Å². The van der Waals surface area contributed by atoms with Crippen molar-refractivity contribution in [1.82, 2.24) is 19.6 Å². The van der Waals surface area contributed by atoms with E-state index >= 15 is 0 Å². The Labute approximate surface area is 185 Å². The minimum Gasteiger partial charge on any atom is -0.471 e. The first kappa shape index (κ1) is 20.7. The van der Waals surface area contributed by atoms with Crippen molar-refractivity contribution < 1.29 is 9.53 Å². The lowest BCUT2D eigenvalue weighted by Crippen LogP contribution is -2.48. The predicted molar refractivity (Wildman–Crippen MR) is 117 cm³/mol. The molecule has 0 saturated carbocycles. The van der Waals surface area contributed by atoms with Gasteiger partial charge in [0.1, 0.15) is 5.75 Å². The maximum Gasteiger partial charge on any atom is 0.274 e. The van der Waals surface area contributed by atoms with E-state index in [-0.39, 0.29) is 12.6 Å². The van der Waals surface area contributed by atoms with Crippen molar-refractivity contribution in [2.24, 2.45) is 0 Å². The highest BCUT2D eigenvalue weighted by Crippen LogP contribution is 2.16. The summed E-state index contributed by atoms with van der Waals surface area (Å²) in [5.41, 5.74) is 1.65. The smallest absolute Gasteiger partial charge is 0.274 e. The molecule has 4 rings (SSSR count). The van der Waals surface area contributed by atoms with Crippen LogP contribution in [0.4, 0.5) is 0 Å². The van der Waals surface area contributed by atoms with Gasteiger partial charge in [0.15, 0.2) is 12.4 Å². The van der Waals surface area contributed by atoms with Gasteiger partial charge in [0.05, 0.1) is 0 Å². The molecule has 8 heteroatoms. The van der Waals surface area contributed by atoms with Gasteiger partial charge < -0.3 is 9.64 Å². The van der Waals surface area contributed by atoms with Crippen molar-refractivity contribution in [1.29, 1.82) is 0 Å². The van der Waals surface area contributed by atoms with Gasteiger partial charge in [-0.05, 0) is 48.0 Å². The number of nitrogens with zero attached hydrogens (tertiary/aromatic N) is 4. The molecule has 6 nitrogen and oxygen atoms in total. The summed E-state index contributed by atoms with van der Waals surface area (Å²) in [6.45, 7) is 4.10. The summed E-state index contributed by atoms with van der Waals surface area (Å²) in [7, 11) is 0. The molecule has 0 bridgehead atoms. The summed E-state index contributed by atoms with van der Waals surface area (Å²) in [5.74, 6) is 0.644. The van der Waals surface area contributed by atoms with E-state index in [0.717, 1.165) is 24.7 Å². The molecule has 1 saturated heterocycles. The Kier molecular flexibility index (Phi) is 6.57. The molecule has 3 aromatic rings. The van der Waals surface area contributed by atoms with Crippen LogP contribution in [0.3, 0.4) is 0 Å². The fourth-order valence-corrected chi connectivity index (χ4v) is 3.59. The maximum absolute atomic E-state index is 12.8. The number of halogens is 2. The van der Waals surface area contributed by atoms with Crippen molar-refractivity contribution in [3.63, 3.8) is 0 Å². The summed E-state index contributed by atoms with van der Waals surface area (Å²) in [6, 6.07) is 16.7. The van der Waals surface area contributed by atoms with Crippen LogP contribution in [-0.2, 0) is 13.3 Å². The number of benzene rings is 2. The van der Waals surface area contributed by atoms with Crippen molar-refractivity contribution in [3.05, 3.63) is 82.1 Å². The fourth-order valence-electron chi connectivity index (χ4n) is 3.34. The molecule has 1 aliphatic heterocycles. The third-order valence-corrected chi connectivity index (χ3v) is 5.52. The van der Waals surface area contributed by atoms with Crippen LogP contribution in [0, 0.1) is 0 Å². The highest BCUT2D eigenvalue weighted by Gasteiger charge is 2.23. The van der Waals surface area contributed by atoms with Crippen LogP contribution >= 0.6 is 23.2 Å². The summed E-state index contributed by atoms with van der Waals surface area (Å²) < 4.78 is 7.28. The standard InChI is InChI=1S/C22H22Cl2N4O2/c23-18-3-1-17(2-4-18)15-26-11-13-27(14-12-26)22(29)21-9-10-28(25-21)16-30-20-7-5-19(24)6-8-20/h1-10H,11-16H2. The van der Waals surface area contributed by atoms with Crippen LogP contribution in [0.25, 0.3) is 0 Å². The van der Waals surface area contributed by atoms with Crippen LogP contribution in [0.15, 0.2) is 60.8 Å². The van der Waals surface area contributed by atoms with Crippen LogP contribution < -0.4 is 4.74 Å². The number of hydrogen-bond acceptors (Lipinski definition) is 4. The summed E-state index contributed by atoms with van der Waals surface area (Å²) >= 11 is 11.8. The van der Waals surface area contributed by atoms with Gasteiger partial charge in [-0.25, -0.2) is 4.68 Å². The molecule has 0 unspecified atom stereocenters. The first-order valence-electron chi connectivity index (χ1n) is 9.75. The molecule has 1 aliphatic rings. The molecule has 2 heterocycles. The Morgan fingerprint density at radius 3 is 2.20 bits per heavy atom. The highest BCUT2D eigenvalue weighted by atomic mass is 35.5. The van der Waals surface area contributed by atoms with Gasteiger partial charge in [-0.3, -0.25) is 9.69 Å². The number of rotatable bonds is 6. The largest absolute Gasteiger partial charge is 0.471 e. The lowest BCUT2D eigenvalue weighted by Gasteiger charge is -2.34. The monoisotopic (exact) mass is 444 g/mol. The van der Waals surface area contributed by atoms with Crippen LogP contribution in [0.1, 0.15) is 16.1 Å². The third kappa shape index (κ3) is 5.33. The SMILES string of the molecule is O=C(c1ccn(COc2ccc(Cl)cc2)n1)N1CCN(Cc2ccc(Cl)cc2)CC1. The molecule has 0 spiro atoms. The molecule has 156 valence electrons. The van der Waals surface area contributed by atoms with Crippen molar-refractivity contribution in [3.8, 4) is 5.75 Å². The van der Waals surface area contributed by atoms with Crippen molar-refractivity contribution in [2.75, 3.05) is 26.2 Å². The lowest BCUT2D eigenvalue weighted by molar-refractivity contribution is 0.0621. The molecule has 0 atom stereocenters. The van der Waals surface area contributed by atoms with Crippen LogP contribution in [0.2, 0.25) is 10.0 Å². The second kappa shape index (κ2) is 9.51. The maximum atomic E-state index is 12.8. The number of ether oxygens (including phenoxy) is 1. The third-order valence-electron chi connectivity index (χ3n) is 5.02. The number of hydrogen-bond donors (Lipinski definition) is 0. The zero-order valence-corrected chi connectivity index (χ0v) is 17.9. The molecular weight excluding hydrogens is 423 g/mol. The molecule has 2 aromatic carbocycles. The Balaban J connectivity index is 1.27. The topological polar surface area (TPSA) is 50.6 Å².